The number of nitrogens with one attached hydrogen (secondary N) is 1. The van der Waals surface area contributed by atoms with E-state index in [0.717, 1.165) is 41.6 Å². The first-order valence-electron chi connectivity index (χ1n) is 7.86. The molecule has 4 rings (SSSR count). The summed E-state index contributed by atoms with van der Waals surface area (Å²) in [5, 5.41) is 10.9. The van der Waals surface area contributed by atoms with E-state index in [1.54, 1.807) is 28.4 Å². The van der Waals surface area contributed by atoms with Crippen LogP contribution in [0.1, 0.15) is 35.1 Å². The average Bonchev–Trinajstić information content (AvgIpc) is 3.21. The third kappa shape index (κ3) is 2.97. The number of benzene rings is 1. The highest BCUT2D eigenvalue weighted by Gasteiger charge is 2.25. The Hall–Kier alpha value is -2.12. The van der Waals surface area contributed by atoms with Crippen LogP contribution in [0.3, 0.4) is 0 Å². The van der Waals surface area contributed by atoms with Crippen molar-refractivity contribution >= 4 is 11.3 Å². The Morgan fingerprint density at radius 1 is 1.25 bits per heavy atom. The van der Waals surface area contributed by atoms with Gasteiger partial charge in [0.25, 0.3) is 0 Å². The van der Waals surface area contributed by atoms with Crippen molar-refractivity contribution in [2.75, 3.05) is 0 Å². The van der Waals surface area contributed by atoms with Crippen LogP contribution in [-0.4, -0.2) is 14.8 Å². The van der Waals surface area contributed by atoms with Gasteiger partial charge in [0.15, 0.2) is 0 Å². The van der Waals surface area contributed by atoms with Gasteiger partial charge in [-0.15, -0.1) is 11.3 Å². The van der Waals surface area contributed by atoms with Crippen LogP contribution in [-0.2, 0) is 13.0 Å². The molecule has 0 saturated carbocycles. The van der Waals surface area contributed by atoms with Crippen LogP contribution >= 0.6 is 11.3 Å². The zero-order valence-electron chi connectivity index (χ0n) is 12.9. The maximum absolute atomic E-state index is 13.5. The summed E-state index contributed by atoms with van der Waals surface area (Å²) < 4.78 is 28.7. The summed E-state index contributed by atoms with van der Waals surface area (Å²) in [4.78, 5) is 4.28. The highest BCUT2D eigenvalue weighted by molar-refractivity contribution is 7.09. The smallest absolute Gasteiger partial charge is 0.128 e. The molecule has 0 aliphatic heterocycles. The summed E-state index contributed by atoms with van der Waals surface area (Å²) in [6, 6.07) is 3.67. The number of rotatable bonds is 4. The fourth-order valence-electron chi connectivity index (χ4n) is 3.20. The first kappa shape index (κ1) is 15.4. The molecule has 2 heterocycles. The van der Waals surface area contributed by atoms with Crippen molar-refractivity contribution in [2.45, 2.75) is 31.8 Å². The zero-order valence-corrected chi connectivity index (χ0v) is 13.7. The highest BCUT2D eigenvalue weighted by Crippen LogP contribution is 2.31. The molecule has 0 amide bonds. The van der Waals surface area contributed by atoms with Gasteiger partial charge in [0, 0.05) is 41.5 Å². The number of nitrogens with zero attached hydrogens (tertiary/aromatic N) is 3. The molecular weight excluding hydrogens is 330 g/mol. The van der Waals surface area contributed by atoms with Crippen molar-refractivity contribution in [3.8, 4) is 5.69 Å². The highest BCUT2D eigenvalue weighted by atomic mass is 32.1. The van der Waals surface area contributed by atoms with Crippen molar-refractivity contribution < 1.29 is 8.78 Å². The van der Waals surface area contributed by atoms with Gasteiger partial charge >= 0.3 is 0 Å². The van der Waals surface area contributed by atoms with Gasteiger partial charge in [-0.05, 0) is 31.4 Å². The summed E-state index contributed by atoms with van der Waals surface area (Å²) in [5.74, 6) is -1.19. The van der Waals surface area contributed by atoms with E-state index in [2.05, 4.69) is 15.4 Å². The fourth-order valence-corrected chi connectivity index (χ4v) is 3.77. The second-order valence-corrected chi connectivity index (χ2v) is 6.82. The molecule has 1 aliphatic carbocycles. The van der Waals surface area contributed by atoms with Gasteiger partial charge in [0.2, 0.25) is 0 Å². The topological polar surface area (TPSA) is 42.7 Å². The second kappa shape index (κ2) is 6.41. The summed E-state index contributed by atoms with van der Waals surface area (Å²) >= 11 is 1.62. The van der Waals surface area contributed by atoms with E-state index in [-0.39, 0.29) is 6.04 Å². The molecule has 1 N–H and O–H groups in total. The molecule has 2 aromatic heterocycles. The first-order chi connectivity index (χ1) is 11.7. The minimum atomic E-state index is -0.594. The van der Waals surface area contributed by atoms with Gasteiger partial charge in [0.05, 0.1) is 11.9 Å². The maximum atomic E-state index is 13.5. The number of hydrogen-bond acceptors (Lipinski definition) is 4. The lowest BCUT2D eigenvalue weighted by molar-refractivity contribution is 0.454. The Bertz CT molecular complexity index is 824. The molecule has 0 bridgehead atoms. The number of hydrogen-bond donors (Lipinski definition) is 1. The summed E-state index contributed by atoms with van der Waals surface area (Å²) in [7, 11) is 0. The molecule has 0 spiro atoms. The second-order valence-electron chi connectivity index (χ2n) is 5.84. The Morgan fingerprint density at radius 3 is 2.83 bits per heavy atom. The Balaban J connectivity index is 1.61. The van der Waals surface area contributed by atoms with Crippen molar-refractivity contribution in [2.24, 2.45) is 0 Å². The van der Waals surface area contributed by atoms with E-state index in [4.69, 9.17) is 0 Å². The number of thiazole rings is 1. The molecule has 1 unspecified atom stereocenters. The Morgan fingerprint density at radius 2 is 2.08 bits per heavy atom. The molecular formula is C17H16F2N4S. The summed E-state index contributed by atoms with van der Waals surface area (Å²) in [5.41, 5.74) is 2.54. The third-order valence-corrected chi connectivity index (χ3v) is 5.04. The van der Waals surface area contributed by atoms with Crippen LogP contribution in [0.4, 0.5) is 8.78 Å². The van der Waals surface area contributed by atoms with Gasteiger partial charge in [-0.2, -0.15) is 5.10 Å². The molecule has 3 aromatic rings. The van der Waals surface area contributed by atoms with E-state index in [0.29, 0.717) is 12.2 Å². The van der Waals surface area contributed by atoms with Gasteiger partial charge in [0.1, 0.15) is 16.6 Å². The molecule has 1 aliphatic rings. The number of aromatic nitrogens is 3. The summed E-state index contributed by atoms with van der Waals surface area (Å²) in [6.07, 6.45) is 6.47. The van der Waals surface area contributed by atoms with Crippen LogP contribution in [0.25, 0.3) is 5.69 Å². The normalized spacial score (nSPS) is 17.0. The molecule has 124 valence electrons. The predicted molar refractivity (Wildman–Crippen MR) is 88.1 cm³/mol. The van der Waals surface area contributed by atoms with Crippen molar-refractivity contribution in [3.05, 3.63) is 63.9 Å². The van der Waals surface area contributed by atoms with Gasteiger partial charge in [-0.3, -0.25) is 0 Å². The van der Waals surface area contributed by atoms with E-state index < -0.39 is 11.6 Å². The van der Waals surface area contributed by atoms with Gasteiger partial charge in [-0.25, -0.2) is 18.4 Å². The van der Waals surface area contributed by atoms with E-state index in [1.165, 1.54) is 12.1 Å². The van der Waals surface area contributed by atoms with Gasteiger partial charge in [-0.1, -0.05) is 0 Å². The molecule has 24 heavy (non-hydrogen) atoms. The van der Waals surface area contributed by atoms with Crippen LogP contribution in [0.5, 0.6) is 0 Å². The molecule has 1 aromatic carbocycles. The van der Waals surface area contributed by atoms with Crippen molar-refractivity contribution in [1.82, 2.24) is 20.1 Å². The Labute approximate surface area is 142 Å². The lowest BCUT2D eigenvalue weighted by Crippen LogP contribution is -2.25. The lowest BCUT2D eigenvalue weighted by atomic mass is 9.93. The minimum absolute atomic E-state index is 0.185. The number of fused-ring (bicyclic) bond motifs is 1. The first-order valence-corrected chi connectivity index (χ1v) is 8.73. The third-order valence-electron chi connectivity index (χ3n) is 4.26. The quantitative estimate of drug-likeness (QED) is 0.782. The molecule has 0 saturated heterocycles. The van der Waals surface area contributed by atoms with Crippen molar-refractivity contribution in [3.63, 3.8) is 0 Å². The number of halogens is 2. The molecule has 0 radical (unpaired) electrons. The van der Waals surface area contributed by atoms with Crippen LogP contribution in [0.15, 0.2) is 36.0 Å². The van der Waals surface area contributed by atoms with E-state index in [1.807, 2.05) is 5.38 Å². The fraction of sp³-hybridized carbons (Fsp3) is 0.294. The molecule has 1 atom stereocenters. The van der Waals surface area contributed by atoms with Gasteiger partial charge < -0.3 is 5.32 Å². The molecule has 0 fully saturated rings. The van der Waals surface area contributed by atoms with Crippen molar-refractivity contribution in [1.29, 1.82) is 0 Å². The largest absolute Gasteiger partial charge is 0.303 e. The van der Waals surface area contributed by atoms with Crippen LogP contribution in [0.2, 0.25) is 0 Å². The SMILES string of the molecule is Fc1cc(F)cc(-n2ncc3c2CCCC3NCc2nccs2)c1. The van der Waals surface area contributed by atoms with E-state index in [9.17, 15) is 8.78 Å². The summed E-state index contributed by atoms with van der Waals surface area (Å²) in [6.45, 7) is 0.710. The monoisotopic (exact) mass is 346 g/mol. The molecule has 7 heteroatoms. The Kier molecular flexibility index (Phi) is 4.12. The van der Waals surface area contributed by atoms with E-state index >= 15 is 0 Å². The van der Waals surface area contributed by atoms with Crippen LogP contribution < -0.4 is 5.32 Å². The minimum Gasteiger partial charge on any atom is -0.303 e. The zero-order chi connectivity index (χ0) is 16.5. The predicted octanol–water partition coefficient (Wildman–Crippen LogP) is 3.77. The molecule has 4 nitrogen and oxygen atoms in total. The average molecular weight is 346 g/mol. The lowest BCUT2D eigenvalue weighted by Gasteiger charge is -2.24. The van der Waals surface area contributed by atoms with Crippen LogP contribution in [0, 0.1) is 11.6 Å². The maximum Gasteiger partial charge on any atom is 0.128 e. The standard InChI is InChI=1S/C17H16F2N4S/c18-11-6-12(19)8-13(7-11)23-16-3-1-2-15(14(16)9-22-23)21-10-17-20-4-5-24-17/h4-9,15,21H,1-3,10H2.